The maximum atomic E-state index is 12.4. The van der Waals surface area contributed by atoms with Gasteiger partial charge in [-0.3, -0.25) is 19.7 Å². The highest BCUT2D eigenvalue weighted by Gasteiger charge is 2.27. The third-order valence-corrected chi connectivity index (χ3v) is 4.57. The van der Waals surface area contributed by atoms with Gasteiger partial charge in [-0.15, -0.1) is 0 Å². The van der Waals surface area contributed by atoms with Crippen molar-refractivity contribution in [3.63, 3.8) is 0 Å². The summed E-state index contributed by atoms with van der Waals surface area (Å²) >= 11 is 0. The monoisotopic (exact) mass is 389 g/mol. The number of carbonyl (C=O) groups is 2. The summed E-state index contributed by atoms with van der Waals surface area (Å²) in [5, 5.41) is 13.6. The van der Waals surface area contributed by atoms with E-state index in [0.717, 1.165) is 4.90 Å². The van der Waals surface area contributed by atoms with Gasteiger partial charge in [-0.25, -0.2) is 0 Å². The number of ether oxygens (including phenoxy) is 1. The minimum atomic E-state index is -0.526. The van der Waals surface area contributed by atoms with Crippen molar-refractivity contribution in [1.82, 2.24) is 4.90 Å². The number of nitrogens with zero attached hydrogens (tertiary/aromatic N) is 2. The van der Waals surface area contributed by atoms with E-state index in [4.69, 9.17) is 9.15 Å². The first-order valence-electron chi connectivity index (χ1n) is 8.76. The number of rotatable bonds is 6. The fourth-order valence-electron chi connectivity index (χ4n) is 3.08. The Kier molecular flexibility index (Phi) is 5.90. The number of nitrogens with one attached hydrogen (secondary N) is 2. The van der Waals surface area contributed by atoms with Gasteiger partial charge in [0, 0.05) is 6.07 Å². The number of methoxy groups -OCH3 is 1. The maximum Gasteiger partial charge on any atom is 0.289 e. The molecule has 0 aliphatic carbocycles. The molecule has 1 fully saturated rings. The highest BCUT2D eigenvalue weighted by atomic mass is 16.6. The van der Waals surface area contributed by atoms with Gasteiger partial charge in [0.25, 0.3) is 17.5 Å². The molecule has 10 nitrogen and oxygen atoms in total. The van der Waals surface area contributed by atoms with Crippen molar-refractivity contribution in [3.8, 4) is 5.75 Å². The fraction of sp³-hybridized carbons (Fsp3) is 0.333. The summed E-state index contributed by atoms with van der Waals surface area (Å²) < 4.78 is 10.3. The zero-order chi connectivity index (χ0) is 20.1. The number of furan rings is 1. The van der Waals surface area contributed by atoms with Gasteiger partial charge in [0.05, 0.1) is 56.2 Å². The zero-order valence-corrected chi connectivity index (χ0v) is 15.3. The number of benzene rings is 1. The van der Waals surface area contributed by atoms with Crippen LogP contribution in [-0.4, -0.2) is 61.5 Å². The Hall–Kier alpha value is -3.40. The second kappa shape index (κ2) is 8.53. The Balaban J connectivity index is 1.52. The quantitative estimate of drug-likeness (QED) is 0.537. The highest BCUT2D eigenvalue weighted by molar-refractivity contribution is 5.93. The molecule has 0 bridgehead atoms. The number of non-ortho nitro benzene ring substituents is 1. The molecule has 0 unspecified atom stereocenters. The number of piperazine rings is 1. The van der Waals surface area contributed by atoms with Crippen LogP contribution in [0.5, 0.6) is 5.75 Å². The van der Waals surface area contributed by atoms with Crippen molar-refractivity contribution in [2.75, 3.05) is 45.2 Å². The first-order valence-corrected chi connectivity index (χ1v) is 8.76. The standard InChI is InChI=1S/C18H20N4O6/c1-27-16-11-13(22(25)26)4-5-14(16)19-17(23)12-20-6-8-21(9-7-20)18(24)15-3-2-10-28-15/h2-5,10-11H,6-9,12H2,1H3,(H,19,23)/p+1. The van der Waals surface area contributed by atoms with Crippen LogP contribution in [0.3, 0.4) is 0 Å². The lowest BCUT2D eigenvalue weighted by atomic mass is 10.2. The summed E-state index contributed by atoms with van der Waals surface area (Å²) in [4.78, 5) is 37.7. The molecule has 2 aromatic rings. The third kappa shape index (κ3) is 4.46. The average molecular weight is 389 g/mol. The van der Waals surface area contributed by atoms with Crippen LogP contribution in [0.25, 0.3) is 0 Å². The maximum absolute atomic E-state index is 12.4. The van der Waals surface area contributed by atoms with Crippen molar-refractivity contribution >= 4 is 23.2 Å². The van der Waals surface area contributed by atoms with Crippen LogP contribution in [0.15, 0.2) is 41.0 Å². The van der Waals surface area contributed by atoms with E-state index in [1.165, 1.54) is 31.6 Å². The van der Waals surface area contributed by atoms with Gasteiger partial charge >= 0.3 is 0 Å². The lowest BCUT2D eigenvalue weighted by Crippen LogP contribution is -3.15. The van der Waals surface area contributed by atoms with Gasteiger partial charge < -0.3 is 24.3 Å². The molecule has 0 spiro atoms. The molecule has 2 heterocycles. The zero-order valence-electron chi connectivity index (χ0n) is 15.3. The van der Waals surface area contributed by atoms with Crippen LogP contribution in [0.4, 0.5) is 11.4 Å². The van der Waals surface area contributed by atoms with Gasteiger partial charge in [-0.2, -0.15) is 0 Å². The van der Waals surface area contributed by atoms with Crippen molar-refractivity contribution < 1.29 is 28.6 Å². The molecular formula is C18H21N4O6+. The Morgan fingerprint density at radius 2 is 2.07 bits per heavy atom. The summed E-state index contributed by atoms with van der Waals surface area (Å²) in [5.74, 6) is 0.162. The lowest BCUT2D eigenvalue weighted by molar-refractivity contribution is -0.895. The number of hydrogen-bond acceptors (Lipinski definition) is 6. The number of hydrogen-bond donors (Lipinski definition) is 2. The largest absolute Gasteiger partial charge is 0.494 e. The van der Waals surface area contributed by atoms with Gasteiger partial charge in [0.1, 0.15) is 5.75 Å². The van der Waals surface area contributed by atoms with Crippen LogP contribution >= 0.6 is 0 Å². The molecule has 148 valence electrons. The second-order valence-electron chi connectivity index (χ2n) is 6.39. The van der Waals surface area contributed by atoms with Crippen LogP contribution in [0.2, 0.25) is 0 Å². The molecule has 28 heavy (non-hydrogen) atoms. The van der Waals surface area contributed by atoms with Crippen molar-refractivity contribution in [1.29, 1.82) is 0 Å². The molecule has 2 amide bonds. The molecule has 2 N–H and O–H groups in total. The van der Waals surface area contributed by atoms with E-state index in [2.05, 4.69) is 5.32 Å². The predicted octanol–water partition coefficient (Wildman–Crippen LogP) is 0.176. The van der Waals surface area contributed by atoms with Crippen molar-refractivity contribution in [2.45, 2.75) is 0 Å². The SMILES string of the molecule is COc1cc([N+](=O)[O-])ccc1NC(=O)C[NH+]1CCN(C(=O)c2ccco2)CC1. The molecule has 1 saturated heterocycles. The Morgan fingerprint density at radius 1 is 1.32 bits per heavy atom. The summed E-state index contributed by atoms with van der Waals surface area (Å²) in [6.45, 7) is 2.56. The summed E-state index contributed by atoms with van der Waals surface area (Å²) in [6, 6.07) is 7.33. The van der Waals surface area contributed by atoms with Crippen LogP contribution < -0.4 is 15.0 Å². The Bertz CT molecular complexity index is 859. The summed E-state index contributed by atoms with van der Waals surface area (Å²) in [5.41, 5.74) is 0.266. The number of nitro groups is 1. The Morgan fingerprint density at radius 3 is 2.68 bits per heavy atom. The molecule has 1 aromatic carbocycles. The van der Waals surface area contributed by atoms with E-state index in [-0.39, 0.29) is 29.8 Å². The number of amides is 2. The Labute approximate surface area is 160 Å². The van der Waals surface area contributed by atoms with Crippen molar-refractivity contribution in [2.24, 2.45) is 0 Å². The van der Waals surface area contributed by atoms with Gasteiger partial charge in [-0.05, 0) is 18.2 Å². The van der Waals surface area contributed by atoms with Gasteiger partial charge in [-0.1, -0.05) is 0 Å². The molecule has 1 aliphatic heterocycles. The van der Waals surface area contributed by atoms with Gasteiger partial charge in [0.15, 0.2) is 12.3 Å². The highest BCUT2D eigenvalue weighted by Crippen LogP contribution is 2.28. The first-order chi connectivity index (χ1) is 13.5. The molecule has 0 saturated carbocycles. The van der Waals surface area contributed by atoms with Crippen LogP contribution in [0, 0.1) is 10.1 Å². The molecule has 0 radical (unpaired) electrons. The predicted molar refractivity (Wildman–Crippen MR) is 98.5 cm³/mol. The van der Waals surface area contributed by atoms with Gasteiger partial charge in [0.2, 0.25) is 0 Å². The minimum Gasteiger partial charge on any atom is -0.494 e. The van der Waals surface area contributed by atoms with Crippen LogP contribution in [-0.2, 0) is 4.79 Å². The fourth-order valence-corrected chi connectivity index (χ4v) is 3.08. The van der Waals surface area contributed by atoms with E-state index < -0.39 is 4.92 Å². The average Bonchev–Trinajstić information content (AvgIpc) is 3.23. The summed E-state index contributed by atoms with van der Waals surface area (Å²) in [6.07, 6.45) is 1.46. The first kappa shape index (κ1) is 19.4. The molecule has 10 heteroatoms. The molecule has 1 aliphatic rings. The minimum absolute atomic E-state index is 0.113. The number of anilines is 1. The number of carbonyl (C=O) groups excluding carboxylic acids is 2. The van der Waals surface area contributed by atoms with E-state index in [1.807, 2.05) is 0 Å². The topological polar surface area (TPSA) is 119 Å². The number of quaternary nitrogens is 1. The normalized spacial score (nSPS) is 14.5. The van der Waals surface area contributed by atoms with Crippen LogP contribution in [0.1, 0.15) is 10.6 Å². The van der Waals surface area contributed by atoms with E-state index >= 15 is 0 Å². The van der Waals surface area contributed by atoms with E-state index in [0.29, 0.717) is 37.6 Å². The summed E-state index contributed by atoms with van der Waals surface area (Å²) in [7, 11) is 1.38. The van der Waals surface area contributed by atoms with E-state index in [1.54, 1.807) is 17.0 Å². The molecule has 0 atom stereocenters. The van der Waals surface area contributed by atoms with Crippen molar-refractivity contribution in [3.05, 3.63) is 52.5 Å². The molecule has 3 rings (SSSR count). The second-order valence-corrected chi connectivity index (χ2v) is 6.39. The molecule has 1 aromatic heterocycles. The van der Waals surface area contributed by atoms with E-state index in [9.17, 15) is 19.7 Å². The smallest absolute Gasteiger partial charge is 0.289 e. The molecular weight excluding hydrogens is 368 g/mol. The number of nitro benzene ring substituents is 1. The third-order valence-electron chi connectivity index (χ3n) is 4.57. The lowest BCUT2D eigenvalue weighted by Gasteiger charge is -2.31.